The molecule has 16 heavy (non-hydrogen) atoms. The Labute approximate surface area is 102 Å². The van der Waals surface area contributed by atoms with Crippen LogP contribution in [0.2, 0.25) is 0 Å². The van der Waals surface area contributed by atoms with E-state index < -0.39 is 0 Å². The summed E-state index contributed by atoms with van der Waals surface area (Å²) in [6, 6.07) is 4.11. The quantitative estimate of drug-likeness (QED) is 0.745. The van der Waals surface area contributed by atoms with Crippen LogP contribution in [0, 0.1) is 0 Å². The van der Waals surface area contributed by atoms with Crippen molar-refractivity contribution >= 4 is 17.4 Å². The molecule has 0 aromatic carbocycles. The van der Waals surface area contributed by atoms with Crippen molar-refractivity contribution < 1.29 is 4.74 Å². The first-order chi connectivity index (χ1) is 7.77. The Morgan fingerprint density at radius 1 is 1.56 bits per heavy atom. The highest BCUT2D eigenvalue weighted by molar-refractivity contribution is 6.17. The maximum atomic E-state index is 5.69. The molecule has 1 heterocycles. The van der Waals surface area contributed by atoms with Crippen LogP contribution in [-0.4, -0.2) is 23.5 Å². The monoisotopic (exact) mass is 242 g/mol. The van der Waals surface area contributed by atoms with Gasteiger partial charge in [-0.2, -0.15) is 0 Å². The molecule has 1 aromatic heterocycles. The average molecular weight is 243 g/mol. The summed E-state index contributed by atoms with van der Waals surface area (Å²) in [6.07, 6.45) is 3.66. The third-order valence-corrected chi connectivity index (χ3v) is 2.38. The summed E-state index contributed by atoms with van der Waals surface area (Å²) in [4.78, 5) is 4.27. The van der Waals surface area contributed by atoms with Crippen molar-refractivity contribution in [3.8, 4) is 5.75 Å². The molecule has 0 saturated heterocycles. The molecule has 1 N–H and O–H groups in total. The van der Waals surface area contributed by atoms with Gasteiger partial charge in [-0.3, -0.25) is 0 Å². The number of pyridine rings is 1. The van der Waals surface area contributed by atoms with Gasteiger partial charge >= 0.3 is 0 Å². The van der Waals surface area contributed by atoms with Gasteiger partial charge in [0.15, 0.2) is 11.6 Å². The SMILES string of the molecule is CCCOc1cccnc1NC(C)CCCl. The van der Waals surface area contributed by atoms with Crippen LogP contribution in [0.5, 0.6) is 5.75 Å². The van der Waals surface area contributed by atoms with Gasteiger partial charge in [0.25, 0.3) is 0 Å². The van der Waals surface area contributed by atoms with Crippen LogP contribution < -0.4 is 10.1 Å². The Morgan fingerprint density at radius 2 is 2.38 bits per heavy atom. The minimum Gasteiger partial charge on any atom is -0.490 e. The van der Waals surface area contributed by atoms with Crippen molar-refractivity contribution in [1.29, 1.82) is 0 Å². The predicted molar refractivity (Wildman–Crippen MR) is 68.4 cm³/mol. The van der Waals surface area contributed by atoms with E-state index in [4.69, 9.17) is 16.3 Å². The number of aromatic nitrogens is 1. The number of ether oxygens (including phenoxy) is 1. The summed E-state index contributed by atoms with van der Waals surface area (Å²) in [5, 5.41) is 3.30. The van der Waals surface area contributed by atoms with Crippen molar-refractivity contribution in [2.75, 3.05) is 17.8 Å². The third-order valence-electron chi connectivity index (χ3n) is 2.16. The molecule has 3 nitrogen and oxygen atoms in total. The second kappa shape index (κ2) is 7.34. The summed E-state index contributed by atoms with van der Waals surface area (Å²) in [5.74, 6) is 2.26. The zero-order valence-electron chi connectivity index (χ0n) is 9.87. The van der Waals surface area contributed by atoms with Crippen molar-refractivity contribution in [1.82, 2.24) is 4.98 Å². The second-order valence-electron chi connectivity index (χ2n) is 3.72. The highest BCUT2D eigenvalue weighted by atomic mass is 35.5. The molecular formula is C12H19ClN2O. The Bertz CT molecular complexity index is 307. The summed E-state index contributed by atoms with van der Waals surface area (Å²) in [5.41, 5.74) is 0. The minimum atomic E-state index is 0.302. The fourth-order valence-corrected chi connectivity index (χ4v) is 1.62. The standard InChI is InChI=1S/C12H19ClN2O/c1-3-9-16-11-5-4-8-14-12(11)15-10(2)6-7-13/h4-5,8,10H,3,6-7,9H2,1-2H3,(H,14,15). The number of halogens is 1. The normalized spacial score (nSPS) is 12.2. The number of alkyl halides is 1. The van der Waals surface area contributed by atoms with Gasteiger partial charge < -0.3 is 10.1 Å². The maximum absolute atomic E-state index is 5.69. The van der Waals surface area contributed by atoms with E-state index in [1.807, 2.05) is 12.1 Å². The van der Waals surface area contributed by atoms with E-state index in [9.17, 15) is 0 Å². The van der Waals surface area contributed by atoms with Crippen molar-refractivity contribution in [3.63, 3.8) is 0 Å². The molecule has 0 aliphatic heterocycles. The molecule has 1 aromatic rings. The van der Waals surface area contributed by atoms with Crippen LogP contribution >= 0.6 is 11.6 Å². The van der Waals surface area contributed by atoms with E-state index in [-0.39, 0.29) is 0 Å². The molecule has 4 heteroatoms. The fourth-order valence-electron chi connectivity index (χ4n) is 1.30. The number of anilines is 1. The van der Waals surface area contributed by atoms with E-state index in [1.54, 1.807) is 6.20 Å². The molecule has 0 saturated carbocycles. The van der Waals surface area contributed by atoms with Crippen molar-refractivity contribution in [2.24, 2.45) is 0 Å². The van der Waals surface area contributed by atoms with Crippen LogP contribution in [0.4, 0.5) is 5.82 Å². The number of hydrogen-bond donors (Lipinski definition) is 1. The lowest BCUT2D eigenvalue weighted by atomic mass is 10.2. The average Bonchev–Trinajstić information content (AvgIpc) is 2.28. The van der Waals surface area contributed by atoms with Gasteiger partial charge in [-0.05, 0) is 31.9 Å². The van der Waals surface area contributed by atoms with E-state index in [0.717, 1.165) is 24.4 Å². The molecule has 1 unspecified atom stereocenters. The van der Waals surface area contributed by atoms with Gasteiger partial charge in [-0.15, -0.1) is 11.6 Å². The summed E-state index contributed by atoms with van der Waals surface area (Å²) in [6.45, 7) is 4.88. The summed E-state index contributed by atoms with van der Waals surface area (Å²) >= 11 is 5.69. The van der Waals surface area contributed by atoms with Crippen LogP contribution in [0.25, 0.3) is 0 Å². The van der Waals surface area contributed by atoms with E-state index >= 15 is 0 Å². The number of hydrogen-bond acceptors (Lipinski definition) is 3. The molecular weight excluding hydrogens is 224 g/mol. The lowest BCUT2D eigenvalue weighted by Crippen LogP contribution is -2.17. The number of nitrogens with one attached hydrogen (secondary N) is 1. The van der Waals surface area contributed by atoms with E-state index in [1.165, 1.54) is 0 Å². The molecule has 0 bridgehead atoms. The Hall–Kier alpha value is -0.960. The van der Waals surface area contributed by atoms with Gasteiger partial charge in [0.1, 0.15) is 0 Å². The highest BCUT2D eigenvalue weighted by Crippen LogP contribution is 2.22. The molecule has 90 valence electrons. The molecule has 0 aliphatic rings. The molecule has 0 aliphatic carbocycles. The first kappa shape index (κ1) is 13.1. The van der Waals surface area contributed by atoms with E-state index in [2.05, 4.69) is 24.1 Å². The first-order valence-electron chi connectivity index (χ1n) is 5.68. The Morgan fingerprint density at radius 3 is 3.06 bits per heavy atom. The highest BCUT2D eigenvalue weighted by Gasteiger charge is 2.07. The van der Waals surface area contributed by atoms with Crippen LogP contribution in [0.1, 0.15) is 26.7 Å². The fraction of sp³-hybridized carbons (Fsp3) is 0.583. The minimum absolute atomic E-state index is 0.302. The summed E-state index contributed by atoms with van der Waals surface area (Å²) in [7, 11) is 0. The van der Waals surface area contributed by atoms with Crippen molar-refractivity contribution in [2.45, 2.75) is 32.7 Å². The maximum Gasteiger partial charge on any atom is 0.168 e. The lowest BCUT2D eigenvalue weighted by Gasteiger charge is -2.16. The topological polar surface area (TPSA) is 34.1 Å². The molecule has 1 atom stereocenters. The van der Waals surface area contributed by atoms with Crippen molar-refractivity contribution in [3.05, 3.63) is 18.3 Å². The first-order valence-corrected chi connectivity index (χ1v) is 6.21. The third kappa shape index (κ3) is 4.27. The number of rotatable bonds is 7. The molecule has 0 radical (unpaired) electrons. The smallest absolute Gasteiger partial charge is 0.168 e. The van der Waals surface area contributed by atoms with Gasteiger partial charge in [-0.1, -0.05) is 6.92 Å². The van der Waals surface area contributed by atoms with Crippen LogP contribution in [0.15, 0.2) is 18.3 Å². The number of nitrogens with zero attached hydrogens (tertiary/aromatic N) is 1. The van der Waals surface area contributed by atoms with E-state index in [0.29, 0.717) is 18.5 Å². The lowest BCUT2D eigenvalue weighted by molar-refractivity contribution is 0.317. The van der Waals surface area contributed by atoms with Gasteiger partial charge in [0.05, 0.1) is 6.61 Å². The van der Waals surface area contributed by atoms with Gasteiger partial charge in [-0.25, -0.2) is 4.98 Å². The zero-order valence-corrected chi connectivity index (χ0v) is 10.6. The summed E-state index contributed by atoms with van der Waals surface area (Å²) < 4.78 is 5.61. The van der Waals surface area contributed by atoms with Crippen LogP contribution in [-0.2, 0) is 0 Å². The molecule has 0 fully saturated rings. The Balaban J connectivity index is 2.62. The molecule has 0 spiro atoms. The molecule has 1 rings (SSSR count). The largest absolute Gasteiger partial charge is 0.490 e. The zero-order chi connectivity index (χ0) is 11.8. The molecule has 0 amide bonds. The Kier molecular flexibility index (Phi) is 6.01. The predicted octanol–water partition coefficient (Wildman–Crippen LogP) is 3.30. The van der Waals surface area contributed by atoms with Crippen LogP contribution in [0.3, 0.4) is 0 Å². The van der Waals surface area contributed by atoms with Gasteiger partial charge in [0.2, 0.25) is 0 Å². The second-order valence-corrected chi connectivity index (χ2v) is 4.10. The van der Waals surface area contributed by atoms with Gasteiger partial charge in [0, 0.05) is 18.1 Å².